The van der Waals surface area contributed by atoms with Crippen LogP contribution in [0.4, 0.5) is 5.69 Å². The lowest BCUT2D eigenvalue weighted by molar-refractivity contribution is 0.122. The predicted octanol–water partition coefficient (Wildman–Crippen LogP) is 3.43. The lowest BCUT2D eigenvalue weighted by Gasteiger charge is -2.28. The van der Waals surface area contributed by atoms with Gasteiger partial charge in [-0.1, -0.05) is 18.2 Å². The first kappa shape index (κ1) is 14.3. The number of aliphatic hydroxyl groups is 1. The van der Waals surface area contributed by atoms with Crippen LogP contribution < -0.4 is 4.90 Å². The second-order valence-electron chi connectivity index (χ2n) is 5.71. The average molecular weight is 309 g/mol. The van der Waals surface area contributed by atoms with Crippen LogP contribution in [0.25, 0.3) is 22.3 Å². The summed E-state index contributed by atoms with van der Waals surface area (Å²) in [4.78, 5) is 2.32. The van der Waals surface area contributed by atoms with Crippen molar-refractivity contribution in [2.24, 2.45) is 0 Å². The smallest absolute Gasteiger partial charge is 0.140 e. The maximum Gasteiger partial charge on any atom is 0.140 e. The molecule has 1 saturated heterocycles. The van der Waals surface area contributed by atoms with Gasteiger partial charge in [0.25, 0.3) is 0 Å². The molecular weight excluding hydrogens is 290 g/mol. The van der Waals surface area contributed by atoms with Crippen molar-refractivity contribution >= 4 is 16.7 Å². The number of hydrogen-bond acceptors (Lipinski definition) is 4. The van der Waals surface area contributed by atoms with Gasteiger partial charge in [0.2, 0.25) is 0 Å². The third-order valence-electron chi connectivity index (χ3n) is 4.36. The molecule has 0 spiro atoms. The van der Waals surface area contributed by atoms with Crippen LogP contribution in [0.1, 0.15) is 5.56 Å². The minimum atomic E-state index is -0.0302. The standard InChI is InChI=1S/C19H19NO3/c21-13-17-16-3-1-2-4-18(16)23-19(17)14-5-7-15(8-6-14)20-9-11-22-12-10-20/h1-8,21H,9-13H2. The van der Waals surface area contributed by atoms with Crippen LogP contribution >= 0.6 is 0 Å². The average Bonchev–Trinajstić information content (AvgIpc) is 3.01. The predicted molar refractivity (Wildman–Crippen MR) is 90.6 cm³/mol. The van der Waals surface area contributed by atoms with Gasteiger partial charge in [-0.3, -0.25) is 0 Å². The van der Waals surface area contributed by atoms with Gasteiger partial charge in [-0.2, -0.15) is 0 Å². The molecule has 4 nitrogen and oxygen atoms in total. The molecule has 23 heavy (non-hydrogen) atoms. The van der Waals surface area contributed by atoms with Gasteiger partial charge in [-0.15, -0.1) is 0 Å². The van der Waals surface area contributed by atoms with E-state index in [0.717, 1.165) is 54.2 Å². The number of benzene rings is 2. The van der Waals surface area contributed by atoms with Crippen LogP contribution in [-0.4, -0.2) is 31.4 Å². The highest BCUT2D eigenvalue weighted by Crippen LogP contribution is 2.34. The Labute approximate surface area is 134 Å². The molecule has 3 aromatic rings. The Kier molecular flexibility index (Phi) is 3.77. The molecule has 0 unspecified atom stereocenters. The topological polar surface area (TPSA) is 45.8 Å². The zero-order chi connectivity index (χ0) is 15.6. The van der Waals surface area contributed by atoms with Crippen LogP contribution in [0.5, 0.6) is 0 Å². The molecule has 0 radical (unpaired) electrons. The number of nitrogens with zero attached hydrogens (tertiary/aromatic N) is 1. The van der Waals surface area contributed by atoms with E-state index in [2.05, 4.69) is 29.2 Å². The van der Waals surface area contributed by atoms with E-state index in [1.807, 2.05) is 24.3 Å². The highest BCUT2D eigenvalue weighted by Gasteiger charge is 2.16. The number of morpholine rings is 1. The van der Waals surface area contributed by atoms with E-state index in [-0.39, 0.29) is 6.61 Å². The zero-order valence-electron chi connectivity index (χ0n) is 12.9. The highest BCUT2D eigenvalue weighted by molar-refractivity contribution is 5.87. The van der Waals surface area contributed by atoms with Crippen molar-refractivity contribution in [1.82, 2.24) is 0 Å². The zero-order valence-corrected chi connectivity index (χ0v) is 12.9. The minimum Gasteiger partial charge on any atom is -0.456 e. The summed E-state index contributed by atoms with van der Waals surface area (Å²) in [6, 6.07) is 16.1. The van der Waals surface area contributed by atoms with E-state index >= 15 is 0 Å². The number of para-hydroxylation sites is 1. The molecule has 0 aliphatic carbocycles. The van der Waals surface area contributed by atoms with Crippen molar-refractivity contribution in [2.75, 3.05) is 31.2 Å². The molecule has 1 aliphatic heterocycles. The molecule has 118 valence electrons. The Morgan fingerprint density at radius 2 is 1.70 bits per heavy atom. The van der Waals surface area contributed by atoms with Crippen molar-refractivity contribution in [3.05, 3.63) is 54.1 Å². The summed E-state index contributed by atoms with van der Waals surface area (Å²) >= 11 is 0. The van der Waals surface area contributed by atoms with Crippen molar-refractivity contribution < 1.29 is 14.3 Å². The fourth-order valence-corrected chi connectivity index (χ4v) is 3.13. The fourth-order valence-electron chi connectivity index (χ4n) is 3.13. The first-order chi connectivity index (χ1) is 11.4. The van der Waals surface area contributed by atoms with Gasteiger partial charge in [0.15, 0.2) is 0 Å². The Bertz CT molecular complexity index is 801. The number of hydrogen-bond donors (Lipinski definition) is 1. The lowest BCUT2D eigenvalue weighted by Crippen LogP contribution is -2.36. The molecule has 2 aromatic carbocycles. The van der Waals surface area contributed by atoms with Gasteiger partial charge in [0.1, 0.15) is 11.3 Å². The van der Waals surface area contributed by atoms with E-state index < -0.39 is 0 Å². The third-order valence-corrected chi connectivity index (χ3v) is 4.36. The molecule has 0 bridgehead atoms. The molecule has 0 atom stereocenters. The SMILES string of the molecule is OCc1c(-c2ccc(N3CCOCC3)cc2)oc2ccccc12. The third kappa shape index (κ3) is 2.60. The van der Waals surface area contributed by atoms with E-state index in [4.69, 9.17) is 9.15 Å². The summed E-state index contributed by atoms with van der Waals surface area (Å²) in [7, 11) is 0. The number of anilines is 1. The number of aliphatic hydroxyl groups excluding tert-OH is 1. The van der Waals surface area contributed by atoms with Crippen molar-refractivity contribution in [3.8, 4) is 11.3 Å². The van der Waals surface area contributed by atoms with E-state index in [1.165, 1.54) is 5.69 Å². The molecule has 4 heteroatoms. The van der Waals surface area contributed by atoms with Gasteiger partial charge < -0.3 is 19.2 Å². The van der Waals surface area contributed by atoms with Gasteiger partial charge >= 0.3 is 0 Å². The molecule has 1 aliphatic rings. The molecule has 1 N–H and O–H groups in total. The van der Waals surface area contributed by atoms with Crippen LogP contribution in [0.15, 0.2) is 52.9 Å². The molecule has 0 saturated carbocycles. The normalized spacial score (nSPS) is 15.3. The van der Waals surface area contributed by atoms with Crippen LogP contribution in [0, 0.1) is 0 Å². The van der Waals surface area contributed by atoms with Crippen molar-refractivity contribution in [1.29, 1.82) is 0 Å². The number of furan rings is 1. The van der Waals surface area contributed by atoms with Gasteiger partial charge in [-0.05, 0) is 30.3 Å². The van der Waals surface area contributed by atoms with Crippen LogP contribution in [0.3, 0.4) is 0 Å². The maximum atomic E-state index is 9.74. The van der Waals surface area contributed by atoms with E-state index in [1.54, 1.807) is 0 Å². The molecule has 4 rings (SSSR count). The lowest BCUT2D eigenvalue weighted by atomic mass is 10.1. The maximum absolute atomic E-state index is 9.74. The van der Waals surface area contributed by atoms with Crippen LogP contribution in [-0.2, 0) is 11.3 Å². The largest absolute Gasteiger partial charge is 0.456 e. The summed E-state index contributed by atoms with van der Waals surface area (Å²) in [5.41, 5.74) is 3.84. The second kappa shape index (κ2) is 6.07. The molecular formula is C19H19NO3. The number of rotatable bonds is 3. The Hall–Kier alpha value is -2.30. The van der Waals surface area contributed by atoms with Gasteiger partial charge in [-0.25, -0.2) is 0 Å². The number of fused-ring (bicyclic) bond motifs is 1. The van der Waals surface area contributed by atoms with Crippen molar-refractivity contribution in [3.63, 3.8) is 0 Å². The quantitative estimate of drug-likeness (QED) is 0.805. The molecule has 1 fully saturated rings. The highest BCUT2D eigenvalue weighted by atomic mass is 16.5. The Balaban J connectivity index is 1.70. The van der Waals surface area contributed by atoms with E-state index in [0.29, 0.717) is 0 Å². The molecule has 2 heterocycles. The molecule has 1 aromatic heterocycles. The van der Waals surface area contributed by atoms with Gasteiger partial charge in [0, 0.05) is 35.3 Å². The van der Waals surface area contributed by atoms with Gasteiger partial charge in [0.05, 0.1) is 19.8 Å². The summed E-state index contributed by atoms with van der Waals surface area (Å²) in [5.74, 6) is 0.752. The summed E-state index contributed by atoms with van der Waals surface area (Å²) in [5, 5.41) is 10.7. The number of ether oxygens (including phenoxy) is 1. The summed E-state index contributed by atoms with van der Waals surface area (Å²) in [6.45, 7) is 3.37. The Morgan fingerprint density at radius 1 is 0.957 bits per heavy atom. The Morgan fingerprint density at radius 3 is 2.43 bits per heavy atom. The summed E-state index contributed by atoms with van der Waals surface area (Å²) < 4.78 is 11.4. The van der Waals surface area contributed by atoms with E-state index in [9.17, 15) is 5.11 Å². The fraction of sp³-hybridized carbons (Fsp3) is 0.263. The second-order valence-corrected chi connectivity index (χ2v) is 5.71. The summed E-state index contributed by atoms with van der Waals surface area (Å²) in [6.07, 6.45) is 0. The van der Waals surface area contributed by atoms with Crippen LogP contribution in [0.2, 0.25) is 0 Å². The molecule has 0 amide bonds. The first-order valence-electron chi connectivity index (χ1n) is 7.91. The van der Waals surface area contributed by atoms with Crippen molar-refractivity contribution in [2.45, 2.75) is 6.61 Å². The monoisotopic (exact) mass is 309 g/mol. The minimum absolute atomic E-state index is 0.0302. The first-order valence-corrected chi connectivity index (χ1v) is 7.91.